The van der Waals surface area contributed by atoms with Gasteiger partial charge in [-0.2, -0.15) is 0 Å². The van der Waals surface area contributed by atoms with Crippen LogP contribution in [0.25, 0.3) is 5.57 Å². The van der Waals surface area contributed by atoms with E-state index in [1.165, 1.54) is 6.08 Å². The van der Waals surface area contributed by atoms with Crippen LogP contribution in [0.4, 0.5) is 0 Å². The number of hydrogen-bond acceptors (Lipinski definition) is 2. The molecule has 3 heteroatoms. The quantitative estimate of drug-likeness (QED) is 0.712. The molecule has 1 aromatic carbocycles. The SMILES string of the molecule is CC(N)C=C(C(=O)O)c1ccccc1. The topological polar surface area (TPSA) is 63.3 Å². The van der Waals surface area contributed by atoms with Crippen molar-refractivity contribution in [3.05, 3.63) is 42.0 Å². The molecule has 0 bridgehead atoms. The fourth-order valence-corrected chi connectivity index (χ4v) is 1.17. The molecule has 74 valence electrons. The molecule has 0 fully saturated rings. The monoisotopic (exact) mass is 191 g/mol. The third kappa shape index (κ3) is 2.71. The minimum atomic E-state index is -0.950. The number of carbonyl (C=O) groups is 1. The molecule has 0 aliphatic rings. The van der Waals surface area contributed by atoms with Gasteiger partial charge in [-0.15, -0.1) is 0 Å². The first kappa shape index (κ1) is 10.5. The van der Waals surface area contributed by atoms with Gasteiger partial charge in [0.25, 0.3) is 0 Å². The summed E-state index contributed by atoms with van der Waals surface area (Å²) in [4.78, 5) is 10.9. The lowest BCUT2D eigenvalue weighted by Gasteiger charge is -2.04. The van der Waals surface area contributed by atoms with Gasteiger partial charge in [0.2, 0.25) is 0 Å². The predicted octanol–water partition coefficient (Wildman–Crippen LogP) is 1.50. The molecular formula is C11H13NO2. The van der Waals surface area contributed by atoms with E-state index in [0.717, 1.165) is 0 Å². The van der Waals surface area contributed by atoms with Crippen LogP contribution in [0.15, 0.2) is 36.4 Å². The Morgan fingerprint density at radius 3 is 2.43 bits per heavy atom. The van der Waals surface area contributed by atoms with Crippen molar-refractivity contribution in [2.45, 2.75) is 13.0 Å². The second kappa shape index (κ2) is 4.58. The molecule has 1 aromatic rings. The summed E-state index contributed by atoms with van der Waals surface area (Å²) in [6.45, 7) is 1.74. The first-order valence-electron chi connectivity index (χ1n) is 4.37. The van der Waals surface area contributed by atoms with E-state index in [2.05, 4.69) is 0 Å². The second-order valence-corrected chi connectivity index (χ2v) is 3.11. The van der Waals surface area contributed by atoms with Crippen molar-refractivity contribution in [2.75, 3.05) is 0 Å². The molecule has 0 saturated carbocycles. The summed E-state index contributed by atoms with van der Waals surface area (Å²) in [5.41, 5.74) is 6.46. The van der Waals surface area contributed by atoms with Gasteiger partial charge in [-0.3, -0.25) is 0 Å². The molecule has 0 aliphatic carbocycles. The van der Waals surface area contributed by atoms with Crippen LogP contribution in [0.5, 0.6) is 0 Å². The maximum absolute atomic E-state index is 10.9. The fourth-order valence-electron chi connectivity index (χ4n) is 1.17. The largest absolute Gasteiger partial charge is 0.478 e. The van der Waals surface area contributed by atoms with Crippen molar-refractivity contribution in [2.24, 2.45) is 5.73 Å². The zero-order chi connectivity index (χ0) is 10.6. The maximum Gasteiger partial charge on any atom is 0.336 e. The van der Waals surface area contributed by atoms with E-state index in [1.54, 1.807) is 31.2 Å². The number of carboxylic acid groups (broad SMARTS) is 1. The molecule has 0 amide bonds. The lowest BCUT2D eigenvalue weighted by atomic mass is 10.0. The van der Waals surface area contributed by atoms with Gasteiger partial charge in [-0.1, -0.05) is 36.4 Å². The maximum atomic E-state index is 10.9. The van der Waals surface area contributed by atoms with Crippen LogP contribution >= 0.6 is 0 Å². The van der Waals surface area contributed by atoms with Crippen molar-refractivity contribution in [3.8, 4) is 0 Å². The highest BCUT2D eigenvalue weighted by atomic mass is 16.4. The van der Waals surface area contributed by atoms with Crippen molar-refractivity contribution in [1.82, 2.24) is 0 Å². The van der Waals surface area contributed by atoms with Gasteiger partial charge in [-0.05, 0) is 12.5 Å². The molecule has 0 heterocycles. The van der Waals surface area contributed by atoms with Gasteiger partial charge in [-0.25, -0.2) is 4.79 Å². The van der Waals surface area contributed by atoms with Crippen LogP contribution in [0.1, 0.15) is 12.5 Å². The molecule has 1 atom stereocenters. The summed E-state index contributed by atoms with van der Waals surface area (Å²) in [6.07, 6.45) is 1.54. The summed E-state index contributed by atoms with van der Waals surface area (Å²) >= 11 is 0. The summed E-state index contributed by atoms with van der Waals surface area (Å²) in [5, 5.41) is 8.95. The summed E-state index contributed by atoms with van der Waals surface area (Å²) in [6, 6.07) is 8.68. The highest BCUT2D eigenvalue weighted by Crippen LogP contribution is 2.14. The third-order valence-corrected chi connectivity index (χ3v) is 1.74. The minimum Gasteiger partial charge on any atom is -0.478 e. The smallest absolute Gasteiger partial charge is 0.336 e. The number of carboxylic acids is 1. The average Bonchev–Trinajstić information content (AvgIpc) is 2.15. The normalized spacial score (nSPS) is 13.7. The van der Waals surface area contributed by atoms with Crippen molar-refractivity contribution < 1.29 is 9.90 Å². The lowest BCUT2D eigenvalue weighted by molar-refractivity contribution is -0.130. The van der Waals surface area contributed by atoms with E-state index in [4.69, 9.17) is 10.8 Å². The number of hydrogen-bond donors (Lipinski definition) is 2. The highest BCUT2D eigenvalue weighted by Gasteiger charge is 2.09. The Morgan fingerprint density at radius 2 is 2.00 bits per heavy atom. The Hall–Kier alpha value is -1.61. The van der Waals surface area contributed by atoms with Gasteiger partial charge in [0.15, 0.2) is 0 Å². The fraction of sp³-hybridized carbons (Fsp3) is 0.182. The number of nitrogens with two attached hydrogens (primary N) is 1. The first-order valence-corrected chi connectivity index (χ1v) is 4.37. The number of benzene rings is 1. The predicted molar refractivity (Wildman–Crippen MR) is 55.7 cm³/mol. The standard InChI is InChI=1S/C11H13NO2/c1-8(12)7-10(11(13)14)9-5-3-2-4-6-9/h2-8H,12H2,1H3,(H,13,14). The van der Waals surface area contributed by atoms with Crippen LogP contribution in [-0.2, 0) is 4.79 Å². The summed E-state index contributed by atoms with van der Waals surface area (Å²) < 4.78 is 0. The van der Waals surface area contributed by atoms with Gasteiger partial charge < -0.3 is 10.8 Å². The van der Waals surface area contributed by atoms with Gasteiger partial charge in [0.1, 0.15) is 0 Å². The van der Waals surface area contributed by atoms with Crippen molar-refractivity contribution >= 4 is 11.5 Å². The molecule has 0 radical (unpaired) electrons. The second-order valence-electron chi connectivity index (χ2n) is 3.11. The van der Waals surface area contributed by atoms with E-state index in [0.29, 0.717) is 5.56 Å². The van der Waals surface area contributed by atoms with Crippen LogP contribution in [0, 0.1) is 0 Å². The van der Waals surface area contributed by atoms with Gasteiger partial charge in [0, 0.05) is 6.04 Å². The number of aliphatic carboxylic acids is 1. The molecule has 14 heavy (non-hydrogen) atoms. The summed E-state index contributed by atoms with van der Waals surface area (Å²) in [5.74, 6) is -0.950. The third-order valence-electron chi connectivity index (χ3n) is 1.74. The molecule has 1 unspecified atom stereocenters. The van der Waals surface area contributed by atoms with E-state index in [9.17, 15) is 4.79 Å². The van der Waals surface area contributed by atoms with Crippen molar-refractivity contribution in [1.29, 1.82) is 0 Å². The zero-order valence-corrected chi connectivity index (χ0v) is 7.97. The van der Waals surface area contributed by atoms with Crippen LogP contribution < -0.4 is 5.73 Å². The molecule has 3 nitrogen and oxygen atoms in total. The highest BCUT2D eigenvalue weighted by molar-refractivity contribution is 6.15. The Morgan fingerprint density at radius 1 is 1.43 bits per heavy atom. The lowest BCUT2D eigenvalue weighted by Crippen LogP contribution is -2.13. The van der Waals surface area contributed by atoms with E-state index in [1.807, 2.05) is 6.07 Å². The molecule has 1 rings (SSSR count). The molecule has 0 saturated heterocycles. The van der Waals surface area contributed by atoms with E-state index < -0.39 is 5.97 Å². The Kier molecular flexibility index (Phi) is 3.42. The number of rotatable bonds is 3. The Bertz CT molecular complexity index is 342. The van der Waals surface area contributed by atoms with Crippen LogP contribution in [0.3, 0.4) is 0 Å². The van der Waals surface area contributed by atoms with Crippen molar-refractivity contribution in [3.63, 3.8) is 0 Å². The van der Waals surface area contributed by atoms with Crippen LogP contribution in [0.2, 0.25) is 0 Å². The van der Waals surface area contributed by atoms with E-state index in [-0.39, 0.29) is 11.6 Å². The first-order chi connectivity index (χ1) is 6.61. The molecular weight excluding hydrogens is 178 g/mol. The summed E-state index contributed by atoms with van der Waals surface area (Å²) in [7, 11) is 0. The Balaban J connectivity index is 3.08. The van der Waals surface area contributed by atoms with Gasteiger partial charge in [0.05, 0.1) is 5.57 Å². The Labute approximate surface area is 82.9 Å². The zero-order valence-electron chi connectivity index (χ0n) is 7.97. The molecule has 3 N–H and O–H groups in total. The molecule has 0 aromatic heterocycles. The van der Waals surface area contributed by atoms with Gasteiger partial charge >= 0.3 is 5.97 Å². The molecule has 0 spiro atoms. The molecule has 0 aliphatic heterocycles. The van der Waals surface area contributed by atoms with Crippen LogP contribution in [-0.4, -0.2) is 17.1 Å². The average molecular weight is 191 g/mol. The van der Waals surface area contributed by atoms with E-state index >= 15 is 0 Å². The minimum absolute atomic E-state index is 0.251.